The summed E-state index contributed by atoms with van der Waals surface area (Å²) in [6, 6.07) is 14.1. The molecule has 3 aromatic carbocycles. The van der Waals surface area contributed by atoms with Crippen LogP contribution in [-0.4, -0.2) is 36.4 Å². The van der Waals surface area contributed by atoms with Gasteiger partial charge in [-0.1, -0.05) is 24.1 Å². The third kappa shape index (κ3) is 4.96. The molecule has 1 aromatic heterocycles. The Morgan fingerprint density at radius 2 is 1.86 bits per heavy atom. The van der Waals surface area contributed by atoms with Gasteiger partial charge in [-0.25, -0.2) is 8.78 Å². The van der Waals surface area contributed by atoms with E-state index in [9.17, 15) is 23.6 Å². The summed E-state index contributed by atoms with van der Waals surface area (Å²) >= 11 is 1.47. The van der Waals surface area contributed by atoms with E-state index < -0.39 is 12.9 Å². The number of halogens is 2. The van der Waals surface area contributed by atoms with Crippen molar-refractivity contribution in [2.45, 2.75) is 25.3 Å². The van der Waals surface area contributed by atoms with Crippen LogP contribution >= 0.6 is 11.9 Å². The molecule has 0 saturated heterocycles. The first-order valence-electron chi connectivity index (χ1n) is 11.8. The second-order valence-electron chi connectivity index (χ2n) is 9.02. The third-order valence-corrected chi connectivity index (χ3v) is 7.34. The highest BCUT2D eigenvalue weighted by atomic mass is 32.2. The van der Waals surface area contributed by atoms with Gasteiger partial charge in [0.1, 0.15) is 23.0 Å². The Morgan fingerprint density at radius 3 is 2.46 bits per heavy atom. The van der Waals surface area contributed by atoms with E-state index in [-0.39, 0.29) is 17.2 Å². The van der Waals surface area contributed by atoms with Gasteiger partial charge in [0.15, 0.2) is 0 Å². The van der Waals surface area contributed by atoms with Crippen LogP contribution < -0.4 is 15.1 Å². The average Bonchev–Trinajstić information content (AvgIpc) is 3.66. The fourth-order valence-electron chi connectivity index (χ4n) is 4.53. The molecule has 0 radical (unpaired) electrons. The highest BCUT2D eigenvalue weighted by Gasteiger charge is 2.31. The molecule has 0 aliphatic heterocycles. The second-order valence-corrected chi connectivity index (χ2v) is 9.83. The molecule has 1 amide bonds. The summed E-state index contributed by atoms with van der Waals surface area (Å²) in [5, 5.41) is 22.0. The molecule has 1 saturated carbocycles. The predicted octanol–water partition coefficient (Wildman–Crippen LogP) is 4.58. The largest absolute Gasteiger partial charge is 0.491 e. The van der Waals surface area contributed by atoms with Gasteiger partial charge in [-0.3, -0.25) is 4.79 Å². The van der Waals surface area contributed by atoms with Gasteiger partial charge in [0.05, 0.1) is 17.8 Å². The van der Waals surface area contributed by atoms with Gasteiger partial charge in [0.2, 0.25) is 0 Å². The molecular formula is C27H25BF2N2O4S. The van der Waals surface area contributed by atoms with Crippen LogP contribution in [0.15, 0.2) is 59.0 Å². The maximum Gasteiger partial charge on any atom is 0.491 e. The van der Waals surface area contributed by atoms with Crippen molar-refractivity contribution >= 4 is 47.1 Å². The minimum atomic E-state index is -1.88. The van der Waals surface area contributed by atoms with E-state index in [1.54, 1.807) is 25.2 Å². The van der Waals surface area contributed by atoms with Gasteiger partial charge >= 0.3 is 7.12 Å². The van der Waals surface area contributed by atoms with Crippen LogP contribution in [0.4, 0.5) is 14.5 Å². The van der Waals surface area contributed by atoms with Crippen LogP contribution in [0.2, 0.25) is 0 Å². The maximum absolute atomic E-state index is 14.4. The molecule has 37 heavy (non-hydrogen) atoms. The molecule has 0 atom stereocenters. The van der Waals surface area contributed by atoms with Crippen LogP contribution in [0.5, 0.6) is 0 Å². The summed E-state index contributed by atoms with van der Waals surface area (Å²) in [6.45, 7) is 0.360. The van der Waals surface area contributed by atoms with Crippen molar-refractivity contribution in [1.29, 1.82) is 0 Å². The van der Waals surface area contributed by atoms with Gasteiger partial charge in [0, 0.05) is 35.8 Å². The van der Waals surface area contributed by atoms with Crippen LogP contribution in [0, 0.1) is 11.6 Å². The normalized spacial score (nSPS) is 13.1. The molecule has 1 heterocycles. The van der Waals surface area contributed by atoms with E-state index in [0.717, 1.165) is 24.1 Å². The Kier molecular flexibility index (Phi) is 6.98. The molecule has 10 heteroatoms. The Balaban J connectivity index is 1.62. The van der Waals surface area contributed by atoms with Crippen molar-refractivity contribution in [2.24, 2.45) is 0 Å². The van der Waals surface area contributed by atoms with E-state index in [0.29, 0.717) is 45.9 Å². The van der Waals surface area contributed by atoms with Gasteiger partial charge in [-0.05, 0) is 66.3 Å². The molecule has 1 fully saturated rings. The first-order valence-corrected chi connectivity index (χ1v) is 13.0. The van der Waals surface area contributed by atoms with Gasteiger partial charge in [0.25, 0.3) is 5.91 Å². The van der Waals surface area contributed by atoms with Crippen LogP contribution in [0.1, 0.15) is 40.2 Å². The fourth-order valence-corrected chi connectivity index (χ4v) is 5.17. The van der Waals surface area contributed by atoms with Crippen LogP contribution in [0.3, 0.4) is 0 Å². The number of amides is 1. The molecule has 0 spiro atoms. The zero-order valence-corrected chi connectivity index (χ0v) is 21.1. The molecule has 0 bridgehead atoms. The Hall–Kier alpha value is -3.34. The number of anilines is 1. The number of fused-ring (bicyclic) bond motifs is 1. The lowest BCUT2D eigenvalue weighted by molar-refractivity contribution is 0.0964. The van der Waals surface area contributed by atoms with Crippen LogP contribution in [-0.2, 0) is 6.54 Å². The Morgan fingerprint density at radius 1 is 1.14 bits per heavy atom. The van der Waals surface area contributed by atoms with Crippen molar-refractivity contribution in [3.05, 3.63) is 82.9 Å². The quantitative estimate of drug-likeness (QED) is 0.232. The molecule has 5 rings (SSSR count). The first-order chi connectivity index (χ1) is 17.8. The average molecular weight is 522 g/mol. The molecule has 4 aromatic rings. The molecule has 1 aliphatic carbocycles. The van der Waals surface area contributed by atoms with Gasteiger partial charge in [-0.15, -0.1) is 0 Å². The highest BCUT2D eigenvalue weighted by Crippen LogP contribution is 2.48. The summed E-state index contributed by atoms with van der Waals surface area (Å²) < 4.78 is 36.2. The molecular weight excluding hydrogens is 497 g/mol. The highest BCUT2D eigenvalue weighted by molar-refractivity contribution is 7.99. The molecule has 3 N–H and O–H groups in total. The molecule has 0 unspecified atom stereocenters. The van der Waals surface area contributed by atoms with Crippen molar-refractivity contribution in [3.8, 4) is 11.3 Å². The number of benzene rings is 3. The van der Waals surface area contributed by atoms with E-state index in [1.807, 2.05) is 22.7 Å². The van der Waals surface area contributed by atoms with Gasteiger partial charge < -0.3 is 24.1 Å². The number of rotatable bonds is 8. The topological polar surface area (TPSA) is 85.9 Å². The lowest BCUT2D eigenvalue weighted by atomic mass is 9.79. The lowest BCUT2D eigenvalue weighted by Gasteiger charge is -2.25. The van der Waals surface area contributed by atoms with E-state index in [4.69, 9.17) is 4.42 Å². The fraction of sp³-hybridized carbons (Fsp3) is 0.222. The van der Waals surface area contributed by atoms with Crippen molar-refractivity contribution in [2.75, 3.05) is 17.6 Å². The number of nitrogens with one attached hydrogen (secondary N) is 1. The number of hydrogen-bond donors (Lipinski definition) is 3. The van der Waals surface area contributed by atoms with Crippen LogP contribution in [0.25, 0.3) is 22.3 Å². The number of hydrogen-bond acceptors (Lipinski definition) is 6. The summed E-state index contributed by atoms with van der Waals surface area (Å²) in [4.78, 5) is 12.9. The standard InChI is InChI=1S/C27H25BF2N2O4S/c1-31-27(33)25-20-12-19(16-4-5-16)23(13-24(20)36-26(25)17-6-8-18(29)9-7-17)32(37-2)14-15-3-10-21(28(34)35)22(30)11-15/h3,6-13,16,34-35H,4-5,14H2,1-2H3,(H,31,33). The minimum Gasteiger partial charge on any atom is -0.455 e. The molecule has 6 nitrogen and oxygen atoms in total. The maximum atomic E-state index is 14.4. The lowest BCUT2D eigenvalue weighted by Crippen LogP contribution is -2.32. The molecule has 1 aliphatic rings. The number of nitrogens with zero attached hydrogens (tertiary/aromatic N) is 1. The van der Waals surface area contributed by atoms with Crippen molar-refractivity contribution < 1.29 is 28.0 Å². The first kappa shape index (κ1) is 25.3. The monoisotopic (exact) mass is 522 g/mol. The third-order valence-electron chi connectivity index (χ3n) is 6.57. The second kappa shape index (κ2) is 10.2. The van der Waals surface area contributed by atoms with E-state index >= 15 is 0 Å². The number of carbonyl (C=O) groups excluding carboxylic acids is 1. The zero-order valence-electron chi connectivity index (χ0n) is 20.3. The minimum absolute atomic E-state index is 0.176. The zero-order chi connectivity index (χ0) is 26.3. The Bertz CT molecular complexity index is 1470. The van der Waals surface area contributed by atoms with E-state index in [1.165, 1.54) is 36.2 Å². The summed E-state index contributed by atoms with van der Waals surface area (Å²) in [7, 11) is -0.320. The predicted molar refractivity (Wildman–Crippen MR) is 143 cm³/mol. The summed E-state index contributed by atoms with van der Waals surface area (Å²) in [5.41, 5.74) is 3.96. The van der Waals surface area contributed by atoms with Crippen molar-refractivity contribution in [1.82, 2.24) is 5.32 Å². The van der Waals surface area contributed by atoms with E-state index in [2.05, 4.69) is 5.32 Å². The van der Waals surface area contributed by atoms with Gasteiger partial charge in [-0.2, -0.15) is 0 Å². The Labute approximate surface area is 217 Å². The smallest absolute Gasteiger partial charge is 0.455 e. The number of carbonyl (C=O) groups is 1. The summed E-state index contributed by atoms with van der Waals surface area (Å²) in [6.07, 6.45) is 3.97. The number of furan rings is 1. The SMILES string of the molecule is CNC(=O)c1c(-c2ccc(F)cc2)oc2cc(N(Cc3ccc(B(O)O)c(F)c3)SC)c(C3CC3)cc12. The van der Waals surface area contributed by atoms with Crippen molar-refractivity contribution in [3.63, 3.8) is 0 Å². The summed E-state index contributed by atoms with van der Waals surface area (Å²) in [5.74, 6) is -0.663. The molecule has 190 valence electrons.